The molecule has 0 aromatic heterocycles. The second-order valence-electron chi connectivity index (χ2n) is 9.95. The third-order valence-corrected chi connectivity index (χ3v) is 7.15. The normalized spacial score (nSPS) is 15.5. The number of hydrogen-bond donors (Lipinski definition) is 4. The van der Waals surface area contributed by atoms with E-state index in [2.05, 4.69) is 61.7 Å². The van der Waals surface area contributed by atoms with Crippen LogP contribution in [0, 0.1) is 0 Å². The highest BCUT2D eigenvalue weighted by molar-refractivity contribution is 7.47. The van der Waals surface area contributed by atoms with Gasteiger partial charge in [-0.2, -0.15) is 0 Å². The molecule has 0 bridgehead atoms. The Bertz CT molecular complexity index is 825. The van der Waals surface area contributed by atoms with E-state index < -0.39 is 20.0 Å². The van der Waals surface area contributed by atoms with E-state index in [1.807, 2.05) is 12.2 Å². The summed E-state index contributed by atoms with van der Waals surface area (Å²) in [5, 5.41) is 13.5. The van der Waals surface area contributed by atoms with Gasteiger partial charge in [0.2, 0.25) is 5.91 Å². The number of phosphoric ester groups is 1. The van der Waals surface area contributed by atoms with E-state index in [0.717, 1.165) is 44.9 Å². The fourth-order valence-corrected chi connectivity index (χ4v) is 4.61. The van der Waals surface area contributed by atoms with Gasteiger partial charge in [-0.3, -0.25) is 13.8 Å². The quantitative estimate of drug-likeness (QED) is 0.0448. The van der Waals surface area contributed by atoms with Crippen LogP contribution in [0.2, 0.25) is 0 Å². The van der Waals surface area contributed by atoms with Crippen LogP contribution in [0.1, 0.15) is 104 Å². The number of amides is 1. The van der Waals surface area contributed by atoms with Crippen LogP contribution in [0.4, 0.5) is 0 Å². The van der Waals surface area contributed by atoms with Crippen molar-refractivity contribution in [2.45, 2.75) is 116 Å². The van der Waals surface area contributed by atoms with Crippen molar-refractivity contribution in [1.82, 2.24) is 5.32 Å². The van der Waals surface area contributed by atoms with Gasteiger partial charge in [-0.05, 0) is 38.5 Å². The Hall–Kier alpha value is -1.80. The van der Waals surface area contributed by atoms with Crippen molar-refractivity contribution in [1.29, 1.82) is 0 Å². The number of rotatable bonds is 27. The van der Waals surface area contributed by atoms with Gasteiger partial charge < -0.3 is 21.1 Å². The van der Waals surface area contributed by atoms with E-state index >= 15 is 0 Å². The number of hydrogen-bond acceptors (Lipinski definition) is 6. The Balaban J connectivity index is 4.52. The monoisotopic (exact) mass is 596 g/mol. The maximum absolute atomic E-state index is 12.5. The number of nitrogens with two attached hydrogens (primary N) is 1. The Morgan fingerprint density at radius 2 is 1.32 bits per heavy atom. The van der Waals surface area contributed by atoms with Crippen LogP contribution in [-0.4, -0.2) is 47.8 Å². The van der Waals surface area contributed by atoms with Crippen molar-refractivity contribution >= 4 is 13.7 Å². The van der Waals surface area contributed by atoms with E-state index in [-0.39, 0.29) is 32.1 Å². The first-order valence-electron chi connectivity index (χ1n) is 15.4. The van der Waals surface area contributed by atoms with Crippen molar-refractivity contribution in [2.75, 3.05) is 19.8 Å². The Kier molecular flexibility index (Phi) is 27.1. The number of carbonyl (C=O) groups is 1. The van der Waals surface area contributed by atoms with E-state index in [9.17, 15) is 19.4 Å². The zero-order valence-electron chi connectivity index (χ0n) is 25.5. The summed E-state index contributed by atoms with van der Waals surface area (Å²) in [6.45, 7) is 3.91. The molecule has 3 atom stereocenters. The molecule has 0 aromatic carbocycles. The van der Waals surface area contributed by atoms with Gasteiger partial charge in [0.1, 0.15) is 0 Å². The number of allylic oxidation sites excluding steroid dienone is 9. The Morgan fingerprint density at radius 1 is 0.805 bits per heavy atom. The largest absolute Gasteiger partial charge is 0.472 e. The average molecular weight is 597 g/mol. The molecule has 0 aliphatic carbocycles. The van der Waals surface area contributed by atoms with Crippen molar-refractivity contribution < 1.29 is 28.4 Å². The lowest BCUT2D eigenvalue weighted by molar-refractivity contribution is -0.122. The lowest BCUT2D eigenvalue weighted by atomic mass is 10.0. The summed E-state index contributed by atoms with van der Waals surface area (Å²) in [6.07, 6.45) is 32.7. The molecule has 41 heavy (non-hydrogen) atoms. The van der Waals surface area contributed by atoms with Crippen molar-refractivity contribution in [2.24, 2.45) is 5.73 Å². The average Bonchev–Trinajstić information content (AvgIpc) is 2.95. The minimum absolute atomic E-state index is 0.0716. The number of unbranched alkanes of at least 4 members (excludes halogenated alkanes) is 6. The summed E-state index contributed by atoms with van der Waals surface area (Å²) < 4.78 is 21.8. The Morgan fingerprint density at radius 3 is 1.85 bits per heavy atom. The van der Waals surface area contributed by atoms with Gasteiger partial charge >= 0.3 is 7.82 Å². The van der Waals surface area contributed by atoms with E-state index in [1.54, 1.807) is 6.08 Å². The molecule has 0 aromatic rings. The SMILES string of the molecule is CC/C=C\C/C=C\C/C=C\C/C=C\C/C=C\CC(=O)NC(COP(=O)(O)OCCN)C(O)CCCCCCCCC. The van der Waals surface area contributed by atoms with Crippen LogP contribution < -0.4 is 11.1 Å². The maximum Gasteiger partial charge on any atom is 0.472 e. The molecule has 0 spiro atoms. The van der Waals surface area contributed by atoms with Gasteiger partial charge in [0.05, 0.1) is 25.4 Å². The maximum atomic E-state index is 12.5. The molecule has 0 heterocycles. The van der Waals surface area contributed by atoms with E-state index in [1.165, 1.54) is 25.7 Å². The minimum Gasteiger partial charge on any atom is -0.391 e. The van der Waals surface area contributed by atoms with Crippen molar-refractivity contribution in [3.05, 3.63) is 60.8 Å². The van der Waals surface area contributed by atoms with Crippen molar-refractivity contribution in [3.8, 4) is 0 Å². The number of aliphatic hydroxyl groups excluding tert-OH is 1. The molecule has 0 radical (unpaired) electrons. The van der Waals surface area contributed by atoms with Gasteiger partial charge in [-0.1, -0.05) is 120 Å². The minimum atomic E-state index is -4.32. The van der Waals surface area contributed by atoms with Gasteiger partial charge in [0.15, 0.2) is 0 Å². The highest BCUT2D eigenvalue weighted by Gasteiger charge is 2.27. The third kappa shape index (κ3) is 26.8. The third-order valence-electron chi connectivity index (χ3n) is 6.16. The predicted octanol–water partition coefficient (Wildman–Crippen LogP) is 7.21. The molecule has 5 N–H and O–H groups in total. The zero-order valence-corrected chi connectivity index (χ0v) is 26.4. The van der Waals surface area contributed by atoms with Gasteiger partial charge in [-0.25, -0.2) is 4.57 Å². The summed E-state index contributed by atoms with van der Waals surface area (Å²) in [7, 11) is -4.32. The highest BCUT2D eigenvalue weighted by Crippen LogP contribution is 2.43. The molecule has 1 amide bonds. The summed E-state index contributed by atoms with van der Waals surface area (Å²) in [4.78, 5) is 22.3. The molecule has 9 heteroatoms. The lowest BCUT2D eigenvalue weighted by Gasteiger charge is -2.25. The molecule has 0 aliphatic rings. The number of phosphoric acid groups is 1. The van der Waals surface area contributed by atoms with Gasteiger partial charge in [0, 0.05) is 13.0 Å². The number of nitrogens with one attached hydrogen (secondary N) is 1. The fourth-order valence-electron chi connectivity index (χ4n) is 3.85. The predicted molar refractivity (Wildman–Crippen MR) is 170 cm³/mol. The first kappa shape index (κ1) is 39.2. The zero-order chi connectivity index (χ0) is 30.4. The molecule has 0 saturated heterocycles. The van der Waals surface area contributed by atoms with Crippen LogP contribution in [0.25, 0.3) is 0 Å². The Labute approximate surface area is 249 Å². The molecule has 0 aliphatic heterocycles. The van der Waals surface area contributed by atoms with E-state index in [4.69, 9.17) is 14.8 Å². The molecule has 8 nitrogen and oxygen atoms in total. The summed E-state index contributed by atoms with van der Waals surface area (Å²) in [5.41, 5.74) is 5.31. The van der Waals surface area contributed by atoms with Crippen LogP contribution in [0.5, 0.6) is 0 Å². The second kappa shape index (κ2) is 28.3. The molecule has 0 rings (SSSR count). The second-order valence-corrected chi connectivity index (χ2v) is 11.4. The summed E-state index contributed by atoms with van der Waals surface area (Å²) in [6, 6.07) is -0.827. The van der Waals surface area contributed by atoms with Gasteiger partial charge in [0.25, 0.3) is 0 Å². The van der Waals surface area contributed by atoms with Crippen LogP contribution in [0.15, 0.2) is 60.8 Å². The lowest BCUT2D eigenvalue weighted by Crippen LogP contribution is -2.46. The first-order valence-corrected chi connectivity index (χ1v) is 16.9. The van der Waals surface area contributed by atoms with Crippen LogP contribution in [-0.2, 0) is 18.4 Å². The van der Waals surface area contributed by atoms with E-state index in [0.29, 0.717) is 12.8 Å². The first-order chi connectivity index (χ1) is 19.9. The van der Waals surface area contributed by atoms with Crippen LogP contribution >= 0.6 is 7.82 Å². The molecule has 3 unspecified atom stereocenters. The van der Waals surface area contributed by atoms with Crippen LogP contribution in [0.3, 0.4) is 0 Å². The fraction of sp³-hybridized carbons (Fsp3) is 0.656. The smallest absolute Gasteiger partial charge is 0.391 e. The number of carbonyl (C=O) groups excluding carboxylic acids is 1. The molecular weight excluding hydrogens is 539 g/mol. The summed E-state index contributed by atoms with van der Waals surface area (Å²) >= 11 is 0. The molecule has 236 valence electrons. The highest BCUT2D eigenvalue weighted by atomic mass is 31.2. The van der Waals surface area contributed by atoms with Crippen molar-refractivity contribution in [3.63, 3.8) is 0 Å². The molecule has 0 saturated carbocycles. The number of aliphatic hydroxyl groups is 1. The standard InChI is InChI=1S/C32H57N2O6P/c1-3-5-7-9-11-12-13-14-15-16-17-18-20-22-24-26-32(36)34-30(29-40-41(37,38)39-28-27-33)31(35)25-23-21-19-10-8-6-4-2/h5,7,11-12,14-15,17-18,22,24,30-31,35H,3-4,6,8-10,13,16,19-21,23,25-29,33H2,1-2H3,(H,34,36)(H,37,38)/b7-5-,12-11-,15-14-,18-17-,24-22-. The molecule has 0 fully saturated rings. The van der Waals surface area contributed by atoms with Gasteiger partial charge in [-0.15, -0.1) is 0 Å². The summed E-state index contributed by atoms with van der Waals surface area (Å²) in [5.74, 6) is -0.297. The molecular formula is C32H57N2O6P. The topological polar surface area (TPSA) is 131 Å².